The van der Waals surface area contributed by atoms with E-state index in [0.717, 1.165) is 49.9 Å². The van der Waals surface area contributed by atoms with Crippen molar-refractivity contribution in [2.75, 3.05) is 46.9 Å². The molecule has 4 nitrogen and oxygen atoms in total. The van der Waals surface area contributed by atoms with Gasteiger partial charge in [0, 0.05) is 13.0 Å². The molecule has 0 aromatic carbocycles. The van der Waals surface area contributed by atoms with Crippen molar-refractivity contribution >= 4 is 5.91 Å². The van der Waals surface area contributed by atoms with Gasteiger partial charge in [0.05, 0.1) is 33.8 Å². The summed E-state index contributed by atoms with van der Waals surface area (Å²) in [4.78, 5) is 14.2. The van der Waals surface area contributed by atoms with Crippen molar-refractivity contribution < 1.29 is 14.4 Å². The Labute approximate surface area is 137 Å². The highest BCUT2D eigenvalue weighted by molar-refractivity contribution is 5.76. The molecule has 1 amide bonds. The molecule has 4 heteroatoms. The van der Waals surface area contributed by atoms with Crippen LogP contribution in [0.15, 0.2) is 12.2 Å². The highest BCUT2D eigenvalue weighted by Crippen LogP contribution is 2.05. The van der Waals surface area contributed by atoms with Crippen LogP contribution in [-0.4, -0.2) is 67.3 Å². The van der Waals surface area contributed by atoms with Crippen LogP contribution in [0.4, 0.5) is 0 Å². The monoisotopic (exact) mass is 313 g/mol. The standard InChI is InChI=1S/C18H37N2O2/c1-5-7-8-9-10-11-12-13-18(22)19(6-2)14-15-20(3,4)16-17-21/h9-10,21H,5-8,11-17H2,1-4H3/q+1/b10-9+. The van der Waals surface area contributed by atoms with E-state index in [2.05, 4.69) is 33.2 Å². The Balaban J connectivity index is 3.97. The molecular weight excluding hydrogens is 276 g/mol. The lowest BCUT2D eigenvalue weighted by Gasteiger charge is -2.32. The fourth-order valence-electron chi connectivity index (χ4n) is 2.32. The van der Waals surface area contributed by atoms with Crippen molar-refractivity contribution in [1.29, 1.82) is 0 Å². The molecule has 130 valence electrons. The van der Waals surface area contributed by atoms with Crippen LogP contribution in [0.1, 0.15) is 52.4 Å². The molecule has 0 aliphatic rings. The Bertz CT molecular complexity index is 314. The van der Waals surface area contributed by atoms with Gasteiger partial charge in [-0.15, -0.1) is 0 Å². The number of hydrogen-bond donors (Lipinski definition) is 1. The van der Waals surface area contributed by atoms with Crippen molar-refractivity contribution in [3.63, 3.8) is 0 Å². The Kier molecular flexibility index (Phi) is 12.2. The smallest absolute Gasteiger partial charge is 0.222 e. The molecule has 0 aromatic rings. The highest BCUT2D eigenvalue weighted by atomic mass is 16.3. The maximum atomic E-state index is 12.2. The second kappa shape index (κ2) is 12.7. The second-order valence-electron chi connectivity index (χ2n) is 6.59. The molecule has 0 heterocycles. The number of quaternary nitrogens is 1. The average molecular weight is 314 g/mol. The fraction of sp³-hybridized carbons (Fsp3) is 0.833. The summed E-state index contributed by atoms with van der Waals surface area (Å²) in [7, 11) is 4.19. The largest absolute Gasteiger partial charge is 0.391 e. The lowest BCUT2D eigenvalue weighted by molar-refractivity contribution is -0.890. The summed E-state index contributed by atoms with van der Waals surface area (Å²) in [6.45, 7) is 7.59. The number of nitrogens with zero attached hydrogens (tertiary/aromatic N) is 2. The normalized spacial score (nSPS) is 12.0. The van der Waals surface area contributed by atoms with E-state index in [0.29, 0.717) is 6.42 Å². The first-order chi connectivity index (χ1) is 10.5. The quantitative estimate of drug-likeness (QED) is 0.323. The van der Waals surface area contributed by atoms with E-state index in [1.165, 1.54) is 12.8 Å². The molecule has 0 bridgehead atoms. The zero-order valence-electron chi connectivity index (χ0n) is 15.2. The van der Waals surface area contributed by atoms with Gasteiger partial charge in [0.1, 0.15) is 6.54 Å². The molecule has 0 rings (SSSR count). The van der Waals surface area contributed by atoms with E-state index in [1.807, 2.05) is 11.8 Å². The summed E-state index contributed by atoms with van der Waals surface area (Å²) in [5, 5.41) is 9.05. The molecule has 0 spiro atoms. The molecule has 0 unspecified atom stereocenters. The van der Waals surface area contributed by atoms with Crippen molar-refractivity contribution in [3.05, 3.63) is 12.2 Å². The maximum absolute atomic E-state index is 12.2. The summed E-state index contributed by atoms with van der Waals surface area (Å²) in [5.74, 6) is 0.258. The fourth-order valence-corrected chi connectivity index (χ4v) is 2.32. The summed E-state index contributed by atoms with van der Waals surface area (Å²) in [6.07, 6.45) is 10.7. The summed E-state index contributed by atoms with van der Waals surface area (Å²) in [5.41, 5.74) is 0. The average Bonchev–Trinajstić information content (AvgIpc) is 2.46. The third kappa shape index (κ3) is 10.8. The number of unbranched alkanes of at least 4 members (excludes halogenated alkanes) is 3. The van der Waals surface area contributed by atoms with E-state index in [4.69, 9.17) is 5.11 Å². The van der Waals surface area contributed by atoms with Crippen LogP contribution in [0, 0.1) is 0 Å². The van der Waals surface area contributed by atoms with Crippen molar-refractivity contribution in [2.24, 2.45) is 0 Å². The molecule has 0 saturated heterocycles. The minimum absolute atomic E-state index is 0.192. The van der Waals surface area contributed by atoms with E-state index in [-0.39, 0.29) is 12.5 Å². The van der Waals surface area contributed by atoms with Gasteiger partial charge in [0.2, 0.25) is 5.91 Å². The number of likely N-dealkylation sites (N-methyl/N-ethyl adjacent to an activating group) is 2. The molecule has 0 radical (unpaired) electrons. The molecule has 0 fully saturated rings. The van der Waals surface area contributed by atoms with E-state index in [1.54, 1.807) is 0 Å². The van der Waals surface area contributed by atoms with Crippen LogP contribution in [0.25, 0.3) is 0 Å². The zero-order chi connectivity index (χ0) is 16.8. The predicted molar refractivity (Wildman–Crippen MR) is 93.7 cm³/mol. The SMILES string of the molecule is CCCC/C=C/CCCC(=O)N(CC)CC[N+](C)(C)CCO. The summed E-state index contributed by atoms with van der Waals surface area (Å²) in [6, 6.07) is 0. The zero-order valence-corrected chi connectivity index (χ0v) is 15.2. The Morgan fingerprint density at radius 2 is 1.73 bits per heavy atom. The van der Waals surface area contributed by atoms with Gasteiger partial charge in [-0.3, -0.25) is 4.79 Å². The predicted octanol–water partition coefficient (Wildman–Crippen LogP) is 2.82. The molecule has 0 saturated carbocycles. The molecule has 0 aromatic heterocycles. The molecule has 0 aliphatic heterocycles. The third-order valence-electron chi connectivity index (χ3n) is 4.07. The number of aliphatic hydroxyl groups excluding tert-OH is 1. The maximum Gasteiger partial charge on any atom is 0.222 e. The van der Waals surface area contributed by atoms with Crippen LogP contribution < -0.4 is 0 Å². The first kappa shape index (κ1) is 21.1. The Hall–Kier alpha value is -0.870. The molecule has 0 atom stereocenters. The molecule has 1 N–H and O–H groups in total. The summed E-state index contributed by atoms with van der Waals surface area (Å²) < 4.78 is 0.750. The van der Waals surface area contributed by atoms with Crippen LogP contribution in [0.3, 0.4) is 0 Å². The first-order valence-corrected chi connectivity index (χ1v) is 8.82. The molecular formula is C18H37N2O2+. The number of carbonyl (C=O) groups is 1. The van der Waals surface area contributed by atoms with Gasteiger partial charge < -0.3 is 14.5 Å². The van der Waals surface area contributed by atoms with Gasteiger partial charge >= 0.3 is 0 Å². The number of allylic oxidation sites excluding steroid dienone is 2. The van der Waals surface area contributed by atoms with E-state index in [9.17, 15) is 4.79 Å². The van der Waals surface area contributed by atoms with Gasteiger partial charge in [0.25, 0.3) is 0 Å². The first-order valence-electron chi connectivity index (χ1n) is 8.82. The molecule has 22 heavy (non-hydrogen) atoms. The van der Waals surface area contributed by atoms with Gasteiger partial charge in [-0.25, -0.2) is 0 Å². The minimum atomic E-state index is 0.192. The number of rotatable bonds is 13. The highest BCUT2D eigenvalue weighted by Gasteiger charge is 2.18. The van der Waals surface area contributed by atoms with Gasteiger partial charge in [0.15, 0.2) is 0 Å². The van der Waals surface area contributed by atoms with Gasteiger partial charge in [-0.1, -0.05) is 31.9 Å². The minimum Gasteiger partial charge on any atom is -0.391 e. The van der Waals surface area contributed by atoms with Gasteiger partial charge in [-0.2, -0.15) is 0 Å². The van der Waals surface area contributed by atoms with Crippen LogP contribution >= 0.6 is 0 Å². The number of aliphatic hydroxyl groups is 1. The topological polar surface area (TPSA) is 40.5 Å². The van der Waals surface area contributed by atoms with Crippen molar-refractivity contribution in [3.8, 4) is 0 Å². The number of carbonyl (C=O) groups excluding carboxylic acids is 1. The van der Waals surface area contributed by atoms with Crippen molar-refractivity contribution in [2.45, 2.75) is 52.4 Å². The number of amides is 1. The molecule has 0 aliphatic carbocycles. The third-order valence-corrected chi connectivity index (χ3v) is 4.07. The Morgan fingerprint density at radius 3 is 2.27 bits per heavy atom. The Morgan fingerprint density at radius 1 is 1.09 bits per heavy atom. The van der Waals surface area contributed by atoms with Gasteiger partial charge in [-0.05, 0) is 26.2 Å². The second-order valence-corrected chi connectivity index (χ2v) is 6.59. The van der Waals surface area contributed by atoms with E-state index >= 15 is 0 Å². The summed E-state index contributed by atoms with van der Waals surface area (Å²) >= 11 is 0. The lowest BCUT2D eigenvalue weighted by atomic mass is 10.2. The van der Waals surface area contributed by atoms with Crippen molar-refractivity contribution in [1.82, 2.24) is 4.90 Å². The van der Waals surface area contributed by atoms with Crippen LogP contribution in [-0.2, 0) is 4.79 Å². The number of hydrogen-bond acceptors (Lipinski definition) is 2. The lowest BCUT2D eigenvalue weighted by Crippen LogP contribution is -2.48. The van der Waals surface area contributed by atoms with Crippen LogP contribution in [0.2, 0.25) is 0 Å². The van der Waals surface area contributed by atoms with Crippen LogP contribution in [0.5, 0.6) is 0 Å². The van der Waals surface area contributed by atoms with E-state index < -0.39 is 0 Å².